The third-order valence-electron chi connectivity index (χ3n) is 6.07. The molecule has 0 saturated carbocycles. The molecule has 1 aliphatic heterocycles. The summed E-state index contributed by atoms with van der Waals surface area (Å²) in [5, 5.41) is 8.41. The molecule has 1 saturated heterocycles. The van der Waals surface area contributed by atoms with Crippen molar-refractivity contribution in [2.24, 2.45) is 7.05 Å². The lowest BCUT2D eigenvalue weighted by atomic mass is 10.00. The summed E-state index contributed by atoms with van der Waals surface area (Å²) in [6, 6.07) is 16.8. The van der Waals surface area contributed by atoms with Crippen molar-refractivity contribution in [1.82, 2.24) is 24.2 Å². The SMILES string of the molecule is Cc1ccc(S(=O)(=O)N2CCCC(c3nc(-c4cccc(-c5ccnn5C)c4)no3)C2)cc1. The molecule has 0 N–H and O–H groups in total. The standard InChI is InChI=1S/C24H25N5O3S/c1-17-8-10-21(11-9-17)33(30,31)29-14-4-7-20(16-29)24-26-23(27-32-24)19-6-3-5-18(15-19)22-12-13-25-28(22)2/h3,5-6,8-13,15,20H,4,7,14,16H2,1-2H3. The minimum absolute atomic E-state index is 0.138. The molecule has 170 valence electrons. The Balaban J connectivity index is 1.37. The van der Waals surface area contributed by atoms with E-state index in [0.29, 0.717) is 29.7 Å². The van der Waals surface area contributed by atoms with Crippen LogP contribution in [0.3, 0.4) is 0 Å². The van der Waals surface area contributed by atoms with Crippen molar-refractivity contribution in [3.63, 3.8) is 0 Å². The van der Waals surface area contributed by atoms with Gasteiger partial charge in [0.15, 0.2) is 0 Å². The zero-order valence-electron chi connectivity index (χ0n) is 18.5. The molecule has 0 bridgehead atoms. The number of piperidine rings is 1. The number of rotatable bonds is 5. The van der Waals surface area contributed by atoms with Crippen LogP contribution in [0.4, 0.5) is 0 Å². The predicted molar refractivity (Wildman–Crippen MR) is 124 cm³/mol. The van der Waals surface area contributed by atoms with Gasteiger partial charge >= 0.3 is 0 Å². The average Bonchev–Trinajstić information content (AvgIpc) is 3.49. The van der Waals surface area contributed by atoms with Gasteiger partial charge in [-0.2, -0.15) is 14.4 Å². The van der Waals surface area contributed by atoms with Crippen molar-refractivity contribution >= 4 is 10.0 Å². The molecule has 1 unspecified atom stereocenters. The lowest BCUT2D eigenvalue weighted by Gasteiger charge is -2.30. The number of hydrogen-bond acceptors (Lipinski definition) is 6. The van der Waals surface area contributed by atoms with Gasteiger partial charge in [0.25, 0.3) is 0 Å². The van der Waals surface area contributed by atoms with Gasteiger partial charge in [-0.25, -0.2) is 8.42 Å². The van der Waals surface area contributed by atoms with E-state index >= 15 is 0 Å². The molecule has 1 fully saturated rings. The average molecular weight is 464 g/mol. The molecule has 0 radical (unpaired) electrons. The van der Waals surface area contributed by atoms with Crippen LogP contribution in [0.15, 0.2) is 70.2 Å². The van der Waals surface area contributed by atoms with Gasteiger partial charge in [-0.15, -0.1) is 0 Å². The summed E-state index contributed by atoms with van der Waals surface area (Å²) < 4.78 is 35.2. The minimum Gasteiger partial charge on any atom is -0.339 e. The van der Waals surface area contributed by atoms with Crippen LogP contribution in [-0.4, -0.2) is 45.7 Å². The van der Waals surface area contributed by atoms with Crippen LogP contribution in [0.1, 0.15) is 30.2 Å². The number of nitrogens with zero attached hydrogens (tertiary/aromatic N) is 5. The van der Waals surface area contributed by atoms with E-state index in [1.165, 1.54) is 4.31 Å². The van der Waals surface area contributed by atoms with E-state index in [1.54, 1.807) is 18.3 Å². The summed E-state index contributed by atoms with van der Waals surface area (Å²) in [4.78, 5) is 4.94. The van der Waals surface area contributed by atoms with Crippen molar-refractivity contribution in [2.75, 3.05) is 13.1 Å². The first-order valence-corrected chi connectivity index (χ1v) is 12.3. The fraction of sp³-hybridized carbons (Fsp3) is 0.292. The maximum absolute atomic E-state index is 13.1. The molecule has 33 heavy (non-hydrogen) atoms. The second-order valence-electron chi connectivity index (χ2n) is 8.39. The molecular formula is C24H25N5O3S. The van der Waals surface area contributed by atoms with E-state index in [2.05, 4.69) is 15.2 Å². The summed E-state index contributed by atoms with van der Waals surface area (Å²) in [6.07, 6.45) is 3.30. The molecule has 0 aliphatic carbocycles. The number of benzene rings is 2. The third kappa shape index (κ3) is 4.21. The zero-order chi connectivity index (χ0) is 23.0. The molecule has 1 aliphatic rings. The van der Waals surface area contributed by atoms with Crippen LogP contribution < -0.4 is 0 Å². The molecule has 3 heterocycles. The molecule has 0 spiro atoms. The Hall–Kier alpha value is -3.30. The fourth-order valence-electron chi connectivity index (χ4n) is 4.21. The summed E-state index contributed by atoms with van der Waals surface area (Å²) in [7, 11) is -1.67. The van der Waals surface area contributed by atoms with Gasteiger partial charge in [-0.3, -0.25) is 4.68 Å². The lowest BCUT2D eigenvalue weighted by Crippen LogP contribution is -2.39. The van der Waals surface area contributed by atoms with E-state index in [-0.39, 0.29) is 5.92 Å². The van der Waals surface area contributed by atoms with Gasteiger partial charge in [0.1, 0.15) is 0 Å². The summed E-state index contributed by atoms with van der Waals surface area (Å²) in [6.45, 7) is 2.75. The van der Waals surface area contributed by atoms with Crippen molar-refractivity contribution in [1.29, 1.82) is 0 Å². The van der Waals surface area contributed by atoms with Crippen LogP contribution >= 0.6 is 0 Å². The molecular weight excluding hydrogens is 438 g/mol. The number of sulfonamides is 1. The first-order valence-electron chi connectivity index (χ1n) is 10.9. The second-order valence-corrected chi connectivity index (χ2v) is 10.3. The normalized spacial score (nSPS) is 17.3. The number of aryl methyl sites for hydroxylation is 2. The first-order chi connectivity index (χ1) is 15.9. The molecule has 0 amide bonds. The number of hydrogen-bond donors (Lipinski definition) is 0. The Bertz CT molecular complexity index is 1380. The Morgan fingerprint density at radius 3 is 2.61 bits per heavy atom. The molecule has 1 atom stereocenters. The van der Waals surface area contributed by atoms with Gasteiger partial charge < -0.3 is 4.52 Å². The smallest absolute Gasteiger partial charge is 0.243 e. The Morgan fingerprint density at radius 1 is 1.06 bits per heavy atom. The largest absolute Gasteiger partial charge is 0.339 e. The van der Waals surface area contributed by atoms with E-state index in [9.17, 15) is 8.42 Å². The quantitative estimate of drug-likeness (QED) is 0.444. The van der Waals surface area contributed by atoms with Crippen LogP contribution in [-0.2, 0) is 17.1 Å². The highest BCUT2D eigenvalue weighted by molar-refractivity contribution is 7.89. The molecule has 2 aromatic carbocycles. The van der Waals surface area contributed by atoms with Crippen LogP contribution in [0.5, 0.6) is 0 Å². The van der Waals surface area contributed by atoms with Crippen molar-refractivity contribution < 1.29 is 12.9 Å². The summed E-state index contributed by atoms with van der Waals surface area (Å²) in [5.74, 6) is 0.827. The highest BCUT2D eigenvalue weighted by Crippen LogP contribution is 2.31. The second kappa shape index (κ2) is 8.57. The number of aromatic nitrogens is 4. The zero-order valence-corrected chi connectivity index (χ0v) is 19.4. The maximum Gasteiger partial charge on any atom is 0.243 e. The summed E-state index contributed by atoms with van der Waals surface area (Å²) >= 11 is 0. The van der Waals surface area contributed by atoms with E-state index in [1.807, 2.05) is 61.1 Å². The van der Waals surface area contributed by atoms with E-state index < -0.39 is 10.0 Å². The lowest BCUT2D eigenvalue weighted by molar-refractivity contribution is 0.265. The van der Waals surface area contributed by atoms with Gasteiger partial charge in [0.2, 0.25) is 21.7 Å². The molecule has 5 rings (SSSR count). The van der Waals surface area contributed by atoms with Crippen LogP contribution in [0.25, 0.3) is 22.6 Å². The highest BCUT2D eigenvalue weighted by Gasteiger charge is 2.33. The van der Waals surface area contributed by atoms with Gasteiger partial charge in [-0.05, 0) is 44.0 Å². The van der Waals surface area contributed by atoms with E-state index in [4.69, 9.17) is 4.52 Å². The third-order valence-corrected chi connectivity index (χ3v) is 7.95. The topological polar surface area (TPSA) is 94.1 Å². The molecule has 9 heteroatoms. The monoisotopic (exact) mass is 463 g/mol. The summed E-state index contributed by atoms with van der Waals surface area (Å²) in [5.41, 5.74) is 3.86. The predicted octanol–water partition coefficient (Wildman–Crippen LogP) is 4.01. The van der Waals surface area contributed by atoms with Gasteiger partial charge in [0, 0.05) is 37.5 Å². The maximum atomic E-state index is 13.1. The van der Waals surface area contributed by atoms with Crippen molar-refractivity contribution in [3.8, 4) is 22.6 Å². The van der Waals surface area contributed by atoms with Crippen molar-refractivity contribution in [2.45, 2.75) is 30.6 Å². The van der Waals surface area contributed by atoms with Crippen LogP contribution in [0.2, 0.25) is 0 Å². The Labute approximate surface area is 192 Å². The fourth-order valence-corrected chi connectivity index (χ4v) is 5.74. The first kappa shape index (κ1) is 21.5. The van der Waals surface area contributed by atoms with Gasteiger partial charge in [-0.1, -0.05) is 41.1 Å². The van der Waals surface area contributed by atoms with Crippen LogP contribution in [0, 0.1) is 6.92 Å². The van der Waals surface area contributed by atoms with Gasteiger partial charge in [0.05, 0.1) is 16.5 Å². The molecule has 8 nitrogen and oxygen atoms in total. The van der Waals surface area contributed by atoms with E-state index in [0.717, 1.165) is 35.2 Å². The molecule has 4 aromatic rings. The Kier molecular flexibility index (Phi) is 5.59. The Morgan fingerprint density at radius 2 is 1.85 bits per heavy atom. The molecule has 2 aromatic heterocycles. The highest BCUT2D eigenvalue weighted by atomic mass is 32.2. The minimum atomic E-state index is -3.56. The van der Waals surface area contributed by atoms with Crippen molar-refractivity contribution in [3.05, 3.63) is 72.2 Å².